The second kappa shape index (κ2) is 10.8. The van der Waals surface area contributed by atoms with Gasteiger partial charge in [0, 0.05) is 26.9 Å². The van der Waals surface area contributed by atoms with Gasteiger partial charge in [0.05, 0.1) is 5.39 Å². The molecule has 7 heteroatoms. The van der Waals surface area contributed by atoms with Crippen molar-refractivity contribution in [2.45, 2.75) is 0 Å². The number of carbonyl (C=O) groups is 2. The molecule has 0 spiro atoms. The normalized spacial score (nSPS) is 11.1. The molecule has 0 aliphatic rings. The Balaban J connectivity index is 1.28. The van der Waals surface area contributed by atoms with Gasteiger partial charge in [-0.15, -0.1) is 0 Å². The molecule has 0 radical (unpaired) electrons. The number of hydrogen-bond donors (Lipinski definition) is 0. The molecule has 7 aromatic rings. The van der Waals surface area contributed by atoms with Crippen LogP contribution in [0.3, 0.4) is 0 Å². The summed E-state index contributed by atoms with van der Waals surface area (Å²) in [5.74, 6) is -0.0651. The minimum absolute atomic E-state index is 0.0518. The fraction of sp³-hybridized carbons (Fsp3) is 0. The summed E-state index contributed by atoms with van der Waals surface area (Å²) in [6.45, 7) is 0. The van der Waals surface area contributed by atoms with E-state index in [2.05, 4.69) is 0 Å². The lowest BCUT2D eigenvalue weighted by Crippen LogP contribution is -2.16. The van der Waals surface area contributed by atoms with Gasteiger partial charge in [0.1, 0.15) is 17.3 Å². The average molecular weight is 569 g/mol. The van der Waals surface area contributed by atoms with Crippen LogP contribution in [0.4, 0.5) is 14.0 Å². The first-order valence-electron chi connectivity index (χ1n) is 13.4. The molecule has 0 saturated heterocycles. The first-order valence-corrected chi connectivity index (χ1v) is 13.4. The molecule has 0 aromatic heterocycles. The highest BCUT2D eigenvalue weighted by atomic mass is 19.1. The Hall–Kier alpha value is -5.95. The second-order valence-electron chi connectivity index (χ2n) is 9.73. The molecule has 0 amide bonds. The van der Waals surface area contributed by atoms with Gasteiger partial charge in [-0.25, -0.2) is 14.0 Å². The van der Waals surface area contributed by atoms with Crippen LogP contribution >= 0.6 is 0 Å². The number of benzene rings is 7. The van der Waals surface area contributed by atoms with E-state index in [1.54, 1.807) is 54.6 Å². The lowest BCUT2D eigenvalue weighted by Gasteiger charge is -2.17. The van der Waals surface area contributed by atoms with Crippen molar-refractivity contribution in [3.8, 4) is 23.0 Å². The molecule has 6 nitrogen and oxygen atoms in total. The van der Waals surface area contributed by atoms with Crippen LogP contribution in [0.25, 0.3) is 43.1 Å². The van der Waals surface area contributed by atoms with Crippen molar-refractivity contribution in [3.05, 3.63) is 133 Å². The van der Waals surface area contributed by atoms with Gasteiger partial charge in [0.2, 0.25) is 0 Å². The van der Waals surface area contributed by atoms with Crippen molar-refractivity contribution < 1.29 is 32.9 Å². The van der Waals surface area contributed by atoms with E-state index < -0.39 is 18.1 Å². The number of ether oxygens (including phenoxy) is 4. The smallest absolute Gasteiger partial charge is 0.394 e. The lowest BCUT2D eigenvalue weighted by atomic mass is 10.00. The maximum atomic E-state index is 15.5. The van der Waals surface area contributed by atoms with E-state index >= 15 is 4.39 Å². The summed E-state index contributed by atoms with van der Waals surface area (Å²) in [6, 6.07) is 36.6. The number of carbonyl (C=O) groups excluding carboxylic acids is 2. The summed E-state index contributed by atoms with van der Waals surface area (Å²) < 4.78 is 38.1. The molecular formula is C36H21FO6. The zero-order valence-electron chi connectivity index (χ0n) is 22.5. The van der Waals surface area contributed by atoms with Crippen LogP contribution in [0, 0.1) is 5.82 Å². The van der Waals surface area contributed by atoms with Crippen molar-refractivity contribution in [2.24, 2.45) is 0 Å². The van der Waals surface area contributed by atoms with Crippen molar-refractivity contribution in [3.63, 3.8) is 0 Å². The standard InChI is InChI=1S/C36H21FO6/c37-29-19-9-18-28-32(29)34(43-36(39)41-31-21-8-13-23-11-2-4-15-25(23)31)27-17-6-5-16-26(27)33(28)42-35(38)40-30-20-7-12-22-10-1-3-14-24(22)30/h1-21H. The molecule has 208 valence electrons. The summed E-state index contributed by atoms with van der Waals surface area (Å²) in [4.78, 5) is 26.3. The Morgan fingerprint density at radius 3 is 1.42 bits per heavy atom. The molecule has 0 heterocycles. The highest BCUT2D eigenvalue weighted by molar-refractivity contribution is 6.12. The Labute approximate surface area is 244 Å². The number of hydrogen-bond acceptors (Lipinski definition) is 6. The van der Waals surface area contributed by atoms with Crippen LogP contribution in [-0.2, 0) is 0 Å². The molecule has 0 atom stereocenters. The minimum Gasteiger partial charge on any atom is -0.394 e. The first-order chi connectivity index (χ1) is 21.1. The van der Waals surface area contributed by atoms with Crippen LogP contribution in [0.5, 0.6) is 23.0 Å². The topological polar surface area (TPSA) is 71.1 Å². The molecule has 0 bridgehead atoms. The van der Waals surface area contributed by atoms with Crippen molar-refractivity contribution in [2.75, 3.05) is 0 Å². The molecule has 43 heavy (non-hydrogen) atoms. The molecule has 7 rings (SSSR count). The monoisotopic (exact) mass is 568 g/mol. The zero-order chi connectivity index (χ0) is 29.3. The van der Waals surface area contributed by atoms with Crippen molar-refractivity contribution in [1.82, 2.24) is 0 Å². The maximum Gasteiger partial charge on any atom is 0.519 e. The fourth-order valence-corrected chi connectivity index (χ4v) is 5.28. The first kappa shape index (κ1) is 26.0. The molecule has 0 fully saturated rings. The highest BCUT2D eigenvalue weighted by Crippen LogP contribution is 2.44. The lowest BCUT2D eigenvalue weighted by molar-refractivity contribution is 0.151. The molecule has 0 aliphatic carbocycles. The van der Waals surface area contributed by atoms with Gasteiger partial charge in [-0.3, -0.25) is 0 Å². The minimum atomic E-state index is -1.05. The Morgan fingerprint density at radius 2 is 0.837 bits per heavy atom. The molecule has 0 saturated carbocycles. The number of fused-ring (bicyclic) bond motifs is 4. The summed E-state index contributed by atoms with van der Waals surface area (Å²) in [5.41, 5.74) is 0. The number of halogens is 1. The van der Waals surface area contributed by atoms with Gasteiger partial charge in [0.15, 0.2) is 11.5 Å². The van der Waals surface area contributed by atoms with E-state index in [4.69, 9.17) is 18.9 Å². The molecule has 7 aromatic carbocycles. The third-order valence-electron chi connectivity index (χ3n) is 7.16. The fourth-order valence-electron chi connectivity index (χ4n) is 5.28. The summed E-state index contributed by atoms with van der Waals surface area (Å²) in [7, 11) is 0. The van der Waals surface area contributed by atoms with Gasteiger partial charge < -0.3 is 18.9 Å². The molecule has 0 N–H and O–H groups in total. The van der Waals surface area contributed by atoms with Gasteiger partial charge in [-0.05, 0) is 29.0 Å². The third-order valence-corrected chi connectivity index (χ3v) is 7.16. The van der Waals surface area contributed by atoms with Crippen LogP contribution < -0.4 is 18.9 Å². The molecule has 0 aliphatic heterocycles. The van der Waals surface area contributed by atoms with E-state index in [9.17, 15) is 9.59 Å². The van der Waals surface area contributed by atoms with Crippen molar-refractivity contribution >= 4 is 55.4 Å². The van der Waals surface area contributed by atoms with Gasteiger partial charge in [-0.1, -0.05) is 109 Å². The van der Waals surface area contributed by atoms with E-state index in [1.165, 1.54) is 12.1 Å². The second-order valence-corrected chi connectivity index (χ2v) is 9.73. The van der Waals surface area contributed by atoms with E-state index in [0.29, 0.717) is 22.3 Å². The van der Waals surface area contributed by atoms with Crippen molar-refractivity contribution in [1.29, 1.82) is 0 Å². The quantitative estimate of drug-likeness (QED) is 0.120. The highest BCUT2D eigenvalue weighted by Gasteiger charge is 2.24. The Morgan fingerprint density at radius 1 is 0.419 bits per heavy atom. The van der Waals surface area contributed by atoms with Crippen LogP contribution in [-0.4, -0.2) is 12.3 Å². The van der Waals surface area contributed by atoms with E-state index in [-0.39, 0.29) is 22.3 Å². The third kappa shape index (κ3) is 4.83. The average Bonchev–Trinajstić information content (AvgIpc) is 3.03. The molecular weight excluding hydrogens is 547 g/mol. The van der Waals surface area contributed by atoms with Gasteiger partial charge in [0.25, 0.3) is 0 Å². The zero-order valence-corrected chi connectivity index (χ0v) is 22.5. The number of rotatable bonds is 4. The summed E-state index contributed by atoms with van der Waals surface area (Å²) >= 11 is 0. The van der Waals surface area contributed by atoms with Gasteiger partial charge in [-0.2, -0.15) is 0 Å². The Kier molecular flexibility index (Phi) is 6.52. The van der Waals surface area contributed by atoms with Gasteiger partial charge >= 0.3 is 12.3 Å². The maximum absolute atomic E-state index is 15.5. The molecule has 0 unspecified atom stereocenters. The Bertz CT molecular complexity index is 2200. The van der Waals surface area contributed by atoms with Crippen LogP contribution in [0.2, 0.25) is 0 Å². The van der Waals surface area contributed by atoms with E-state index in [0.717, 1.165) is 21.5 Å². The van der Waals surface area contributed by atoms with E-state index in [1.807, 2.05) is 60.7 Å². The SMILES string of the molecule is O=C(Oc1cccc2ccccc12)Oc1c2ccccc2c(OC(=O)Oc2cccc3ccccc23)c2c(F)cccc12. The van der Waals surface area contributed by atoms with Crippen LogP contribution in [0.1, 0.15) is 0 Å². The van der Waals surface area contributed by atoms with Crippen LogP contribution in [0.15, 0.2) is 127 Å². The largest absolute Gasteiger partial charge is 0.519 e. The predicted octanol–water partition coefficient (Wildman–Crippen LogP) is 9.59. The summed E-state index contributed by atoms with van der Waals surface area (Å²) in [6.07, 6.45) is -2.05. The summed E-state index contributed by atoms with van der Waals surface area (Å²) in [5, 5.41) is 4.12. The predicted molar refractivity (Wildman–Crippen MR) is 163 cm³/mol.